The number of thiocarbonyl (C=S) groups is 1. The number of likely N-dealkylation sites (N-methyl/N-ethyl adjacent to an activating group) is 1. The maximum atomic E-state index is 6.00. The number of anilines is 1. The molecule has 3 N–H and O–H groups in total. The Morgan fingerprint density at radius 3 is 2.67 bits per heavy atom. The van der Waals surface area contributed by atoms with Crippen LogP contribution in [0.3, 0.4) is 0 Å². The second-order valence-electron chi connectivity index (χ2n) is 7.45. The molecule has 2 aliphatic rings. The Balaban J connectivity index is 1.41. The quantitative estimate of drug-likeness (QED) is 0.421. The van der Waals surface area contributed by atoms with Crippen molar-refractivity contribution in [2.75, 3.05) is 31.3 Å². The summed E-state index contributed by atoms with van der Waals surface area (Å²) in [5.74, 6) is 2.70. The normalized spacial score (nSPS) is 21.5. The monoisotopic (exact) mass is 406 g/mol. The summed E-state index contributed by atoms with van der Waals surface area (Å²) in [6, 6.07) is 8.35. The van der Waals surface area contributed by atoms with E-state index in [1.807, 2.05) is 24.3 Å². The highest BCUT2D eigenvalue weighted by Gasteiger charge is 2.21. The highest BCUT2D eigenvalue weighted by molar-refractivity contribution is 8.13. The lowest BCUT2D eigenvalue weighted by atomic mass is 10.1. The number of benzene rings is 1. The van der Waals surface area contributed by atoms with E-state index in [0.29, 0.717) is 16.3 Å². The number of nitrogens with two attached hydrogens (primary N) is 1. The maximum Gasteiger partial charge on any atom is 0.199 e. The van der Waals surface area contributed by atoms with Crippen LogP contribution in [0.4, 0.5) is 5.69 Å². The van der Waals surface area contributed by atoms with Gasteiger partial charge in [0.05, 0.1) is 0 Å². The summed E-state index contributed by atoms with van der Waals surface area (Å²) >= 11 is 6.91. The van der Waals surface area contributed by atoms with Gasteiger partial charge in [0.25, 0.3) is 0 Å². The number of likely N-dealkylation sites (tertiary alicyclic amines) is 1. The van der Waals surface area contributed by atoms with Crippen LogP contribution in [0.5, 0.6) is 5.75 Å². The van der Waals surface area contributed by atoms with Crippen molar-refractivity contribution in [3.05, 3.63) is 24.3 Å². The smallest absolute Gasteiger partial charge is 0.199 e. The van der Waals surface area contributed by atoms with E-state index in [4.69, 9.17) is 22.7 Å². The minimum absolute atomic E-state index is 0.396. The Morgan fingerprint density at radius 1 is 1.26 bits per heavy atom. The summed E-state index contributed by atoms with van der Waals surface area (Å²) in [6.07, 6.45) is 7.79. The summed E-state index contributed by atoms with van der Waals surface area (Å²) in [4.78, 5) is 6.66. The third-order valence-corrected chi connectivity index (χ3v) is 6.59. The molecule has 0 aromatic heterocycles. The van der Waals surface area contributed by atoms with Crippen molar-refractivity contribution in [3.8, 4) is 5.75 Å². The molecule has 1 aliphatic heterocycles. The zero-order valence-electron chi connectivity index (χ0n) is 16.0. The molecule has 1 atom stereocenters. The van der Waals surface area contributed by atoms with Gasteiger partial charge in [-0.05, 0) is 81.7 Å². The SMILES string of the molecule is CN1CCCC1COc1ccc(NC(=S)/N=C(\N)SCC2CCCC2)cc1. The standard InChI is InChI=1S/C20H30N4OS2/c1-24-12-4-7-17(24)13-25-18-10-8-16(9-11-18)22-20(26)23-19(21)27-14-15-5-2-3-6-15/h8-11,15,17H,2-7,12-14H2,1H3,(H3,21,22,23,26). The summed E-state index contributed by atoms with van der Waals surface area (Å²) in [5, 5.41) is 4.06. The van der Waals surface area contributed by atoms with Crippen LogP contribution in [0.25, 0.3) is 0 Å². The van der Waals surface area contributed by atoms with Crippen molar-refractivity contribution >= 4 is 39.9 Å². The molecule has 0 bridgehead atoms. The summed E-state index contributed by atoms with van der Waals surface area (Å²) in [7, 11) is 2.16. The Hall–Kier alpha value is -1.31. The molecule has 3 rings (SSSR count). The molecule has 1 saturated heterocycles. The van der Waals surface area contributed by atoms with Gasteiger partial charge in [-0.3, -0.25) is 0 Å². The van der Waals surface area contributed by atoms with Crippen LogP contribution < -0.4 is 15.8 Å². The second-order valence-corrected chi connectivity index (χ2v) is 8.88. The molecule has 1 aromatic carbocycles. The molecule has 0 amide bonds. The predicted molar refractivity (Wildman–Crippen MR) is 120 cm³/mol. The van der Waals surface area contributed by atoms with Crippen molar-refractivity contribution in [2.24, 2.45) is 16.6 Å². The number of aliphatic imine (C=N–C) groups is 1. The number of nitrogens with one attached hydrogen (secondary N) is 1. The van der Waals surface area contributed by atoms with Crippen LogP contribution in [0.15, 0.2) is 29.3 Å². The van der Waals surface area contributed by atoms with Crippen LogP contribution in [0.2, 0.25) is 0 Å². The Kier molecular flexibility index (Phi) is 7.79. The first-order chi connectivity index (χ1) is 13.1. The van der Waals surface area contributed by atoms with Gasteiger partial charge in [-0.25, -0.2) is 0 Å². The highest BCUT2D eigenvalue weighted by Crippen LogP contribution is 2.27. The van der Waals surface area contributed by atoms with E-state index in [0.717, 1.165) is 36.3 Å². The molecule has 27 heavy (non-hydrogen) atoms. The number of ether oxygens (including phenoxy) is 1. The first-order valence-electron chi connectivity index (χ1n) is 9.81. The van der Waals surface area contributed by atoms with Gasteiger partial charge in [-0.15, -0.1) is 0 Å². The van der Waals surface area contributed by atoms with Gasteiger partial charge in [-0.1, -0.05) is 24.6 Å². The molecule has 0 spiro atoms. The van der Waals surface area contributed by atoms with E-state index >= 15 is 0 Å². The number of amidine groups is 1. The lowest BCUT2D eigenvalue weighted by Crippen LogP contribution is -2.30. The van der Waals surface area contributed by atoms with Crippen LogP contribution in [0, 0.1) is 5.92 Å². The van der Waals surface area contributed by atoms with Crippen molar-refractivity contribution in [2.45, 2.75) is 44.6 Å². The van der Waals surface area contributed by atoms with E-state index in [-0.39, 0.29) is 0 Å². The topological polar surface area (TPSA) is 62.9 Å². The zero-order valence-corrected chi connectivity index (χ0v) is 17.7. The van der Waals surface area contributed by atoms with Crippen LogP contribution >= 0.6 is 24.0 Å². The van der Waals surface area contributed by atoms with Gasteiger partial charge in [0, 0.05) is 17.5 Å². The molecular formula is C20H30N4OS2. The molecule has 1 heterocycles. The maximum absolute atomic E-state index is 6.00. The molecule has 5 nitrogen and oxygen atoms in total. The number of thioether (sulfide) groups is 1. The lowest BCUT2D eigenvalue weighted by molar-refractivity contribution is 0.198. The minimum Gasteiger partial charge on any atom is -0.492 e. The highest BCUT2D eigenvalue weighted by atomic mass is 32.2. The number of hydrogen-bond acceptors (Lipinski definition) is 4. The average Bonchev–Trinajstić information content (AvgIpc) is 3.31. The van der Waals surface area contributed by atoms with Crippen molar-refractivity contribution < 1.29 is 4.74 Å². The largest absolute Gasteiger partial charge is 0.492 e. The molecule has 148 valence electrons. The van der Waals surface area contributed by atoms with E-state index in [9.17, 15) is 0 Å². The van der Waals surface area contributed by atoms with Gasteiger partial charge in [-0.2, -0.15) is 4.99 Å². The zero-order chi connectivity index (χ0) is 19.1. The summed E-state index contributed by atoms with van der Waals surface area (Å²) < 4.78 is 5.91. The molecule has 1 saturated carbocycles. The van der Waals surface area contributed by atoms with Gasteiger partial charge in [0.2, 0.25) is 0 Å². The molecule has 1 aromatic rings. The van der Waals surface area contributed by atoms with Gasteiger partial charge in [0.15, 0.2) is 10.3 Å². The minimum atomic E-state index is 0.396. The van der Waals surface area contributed by atoms with Crippen molar-refractivity contribution in [3.63, 3.8) is 0 Å². The number of rotatable bonds is 6. The lowest BCUT2D eigenvalue weighted by Gasteiger charge is -2.19. The summed E-state index contributed by atoms with van der Waals surface area (Å²) in [5.41, 5.74) is 6.89. The number of nitrogens with zero attached hydrogens (tertiary/aromatic N) is 2. The molecule has 0 radical (unpaired) electrons. The van der Waals surface area contributed by atoms with Crippen LogP contribution in [0.1, 0.15) is 38.5 Å². The number of hydrogen-bond donors (Lipinski definition) is 2. The predicted octanol–water partition coefficient (Wildman–Crippen LogP) is 4.09. The Morgan fingerprint density at radius 2 is 2.00 bits per heavy atom. The van der Waals surface area contributed by atoms with Gasteiger partial charge >= 0.3 is 0 Å². The van der Waals surface area contributed by atoms with Gasteiger partial charge < -0.3 is 20.7 Å². The van der Waals surface area contributed by atoms with Crippen LogP contribution in [-0.4, -0.2) is 47.2 Å². The fourth-order valence-corrected chi connectivity index (χ4v) is 4.85. The molecule has 1 aliphatic carbocycles. The van der Waals surface area contributed by atoms with E-state index < -0.39 is 0 Å². The van der Waals surface area contributed by atoms with E-state index in [1.54, 1.807) is 11.8 Å². The molecular weight excluding hydrogens is 376 g/mol. The second kappa shape index (κ2) is 10.3. The fourth-order valence-electron chi connectivity index (χ4n) is 3.68. The van der Waals surface area contributed by atoms with Crippen molar-refractivity contribution in [1.29, 1.82) is 0 Å². The Labute approximate surface area is 172 Å². The first kappa shape index (κ1) is 20.4. The van der Waals surface area contributed by atoms with Gasteiger partial charge in [0.1, 0.15) is 12.4 Å². The third-order valence-electron chi connectivity index (χ3n) is 5.37. The van der Waals surface area contributed by atoms with Crippen LogP contribution in [-0.2, 0) is 0 Å². The van der Waals surface area contributed by atoms with Crippen molar-refractivity contribution in [1.82, 2.24) is 4.90 Å². The Bertz CT molecular complexity index is 644. The summed E-state index contributed by atoms with van der Waals surface area (Å²) in [6.45, 7) is 1.90. The average molecular weight is 407 g/mol. The molecule has 1 unspecified atom stereocenters. The first-order valence-corrected chi connectivity index (χ1v) is 11.2. The third kappa shape index (κ3) is 6.66. The molecule has 2 fully saturated rings. The van der Waals surface area contributed by atoms with E-state index in [1.165, 1.54) is 38.5 Å². The van der Waals surface area contributed by atoms with E-state index in [2.05, 4.69) is 22.3 Å². The fraction of sp³-hybridized carbons (Fsp3) is 0.600. The molecule has 7 heteroatoms.